The molecule has 5 nitrogen and oxygen atoms in total. The van der Waals surface area contributed by atoms with E-state index in [2.05, 4.69) is 26.9 Å². The van der Waals surface area contributed by atoms with E-state index in [4.69, 9.17) is 4.74 Å². The Balaban J connectivity index is 1.63. The molecule has 0 unspecified atom stereocenters. The SMILES string of the molecule is COc1cccc(C#CC=C2CCN(c3ncccc3N=O)CC2)c1. The zero-order valence-corrected chi connectivity index (χ0v) is 14.1. The maximum atomic E-state index is 10.9. The minimum atomic E-state index is 0.396. The largest absolute Gasteiger partial charge is 0.497 e. The van der Waals surface area contributed by atoms with E-state index in [0.717, 1.165) is 37.2 Å². The normalized spacial score (nSPS) is 13.6. The Labute approximate surface area is 147 Å². The Hall–Kier alpha value is -3.13. The number of anilines is 1. The summed E-state index contributed by atoms with van der Waals surface area (Å²) in [5, 5.41) is 3.06. The number of nitrogens with zero attached hydrogens (tertiary/aromatic N) is 3. The summed E-state index contributed by atoms with van der Waals surface area (Å²) in [6.45, 7) is 1.62. The van der Waals surface area contributed by atoms with E-state index < -0.39 is 0 Å². The van der Waals surface area contributed by atoms with Crippen LogP contribution in [0.2, 0.25) is 0 Å². The van der Waals surface area contributed by atoms with E-state index in [1.807, 2.05) is 30.3 Å². The van der Waals surface area contributed by atoms with Crippen molar-refractivity contribution in [1.82, 2.24) is 4.98 Å². The third-order valence-electron chi connectivity index (χ3n) is 4.13. The topological polar surface area (TPSA) is 54.8 Å². The summed E-state index contributed by atoms with van der Waals surface area (Å²) in [7, 11) is 1.65. The van der Waals surface area contributed by atoms with Crippen LogP contribution >= 0.6 is 0 Å². The monoisotopic (exact) mass is 333 g/mol. The highest BCUT2D eigenvalue weighted by Gasteiger charge is 2.18. The second kappa shape index (κ2) is 8.11. The van der Waals surface area contributed by atoms with Crippen molar-refractivity contribution in [1.29, 1.82) is 0 Å². The summed E-state index contributed by atoms with van der Waals surface area (Å²) in [6.07, 6.45) is 5.49. The molecule has 0 aliphatic carbocycles. The molecule has 5 heteroatoms. The van der Waals surface area contributed by atoms with Crippen LogP contribution in [0.25, 0.3) is 0 Å². The fourth-order valence-corrected chi connectivity index (χ4v) is 2.78. The van der Waals surface area contributed by atoms with Crippen molar-refractivity contribution >= 4 is 11.5 Å². The quantitative estimate of drug-likeness (QED) is 0.628. The van der Waals surface area contributed by atoms with Crippen LogP contribution < -0.4 is 9.64 Å². The second-order valence-electron chi connectivity index (χ2n) is 5.73. The van der Waals surface area contributed by atoms with Crippen LogP contribution in [-0.2, 0) is 0 Å². The Morgan fingerprint density at radius 1 is 1.24 bits per heavy atom. The second-order valence-corrected chi connectivity index (χ2v) is 5.73. The third-order valence-corrected chi connectivity index (χ3v) is 4.13. The molecule has 0 spiro atoms. The molecule has 0 bridgehead atoms. The zero-order chi connectivity index (χ0) is 17.5. The molecule has 25 heavy (non-hydrogen) atoms. The Morgan fingerprint density at radius 2 is 2.08 bits per heavy atom. The highest BCUT2D eigenvalue weighted by atomic mass is 16.5. The molecule has 1 aromatic carbocycles. The number of allylic oxidation sites excluding steroid dienone is 1. The summed E-state index contributed by atoms with van der Waals surface area (Å²) in [5.41, 5.74) is 2.64. The first-order valence-electron chi connectivity index (χ1n) is 8.17. The van der Waals surface area contributed by atoms with Gasteiger partial charge >= 0.3 is 0 Å². The fourth-order valence-electron chi connectivity index (χ4n) is 2.78. The van der Waals surface area contributed by atoms with Gasteiger partial charge in [-0.05, 0) is 54.4 Å². The van der Waals surface area contributed by atoms with Crippen molar-refractivity contribution in [3.63, 3.8) is 0 Å². The number of hydrogen-bond donors (Lipinski definition) is 0. The number of aromatic nitrogens is 1. The van der Waals surface area contributed by atoms with Crippen LogP contribution in [0.1, 0.15) is 18.4 Å². The highest BCUT2D eigenvalue weighted by molar-refractivity contribution is 5.61. The zero-order valence-electron chi connectivity index (χ0n) is 14.1. The maximum absolute atomic E-state index is 10.9. The molecule has 0 radical (unpaired) electrons. The van der Waals surface area contributed by atoms with E-state index in [9.17, 15) is 4.91 Å². The molecule has 1 aromatic heterocycles. The van der Waals surface area contributed by atoms with Crippen molar-refractivity contribution in [2.45, 2.75) is 12.8 Å². The predicted molar refractivity (Wildman–Crippen MR) is 99.1 cm³/mol. The molecule has 126 valence electrons. The average Bonchev–Trinajstić information content (AvgIpc) is 2.68. The number of pyridine rings is 1. The third kappa shape index (κ3) is 4.24. The van der Waals surface area contributed by atoms with Gasteiger partial charge < -0.3 is 9.64 Å². The van der Waals surface area contributed by atoms with Gasteiger partial charge in [-0.15, -0.1) is 4.91 Å². The first kappa shape index (κ1) is 16.7. The summed E-state index contributed by atoms with van der Waals surface area (Å²) >= 11 is 0. The number of ether oxygens (including phenoxy) is 1. The first-order chi connectivity index (χ1) is 12.3. The molecule has 3 rings (SSSR count). The van der Waals surface area contributed by atoms with Gasteiger partial charge in [0.05, 0.1) is 7.11 Å². The van der Waals surface area contributed by atoms with Crippen LogP contribution in [0.15, 0.2) is 59.4 Å². The molecule has 1 fully saturated rings. The Kier molecular flexibility index (Phi) is 5.43. The van der Waals surface area contributed by atoms with Crippen LogP contribution in [0, 0.1) is 16.7 Å². The highest BCUT2D eigenvalue weighted by Crippen LogP contribution is 2.28. The van der Waals surface area contributed by atoms with Crippen molar-refractivity contribution in [2.75, 3.05) is 25.1 Å². The molecular formula is C20H19N3O2. The summed E-state index contributed by atoms with van der Waals surface area (Å²) in [5.74, 6) is 7.74. The molecule has 2 heterocycles. The standard InChI is InChI=1S/C20H19N3O2/c1-25-18-8-3-7-17(15-18)6-2-5-16-10-13-23(14-11-16)20-19(22-24)9-4-12-21-20/h3-5,7-9,12,15H,10-11,13-14H2,1H3. The van der Waals surface area contributed by atoms with Crippen LogP contribution in [0.3, 0.4) is 0 Å². The number of hydrogen-bond acceptors (Lipinski definition) is 5. The molecule has 1 aliphatic rings. The van der Waals surface area contributed by atoms with Gasteiger partial charge in [0.2, 0.25) is 0 Å². The molecule has 0 saturated carbocycles. The Bertz CT molecular complexity index is 839. The van der Waals surface area contributed by atoms with Crippen LogP contribution in [-0.4, -0.2) is 25.2 Å². The van der Waals surface area contributed by atoms with E-state index in [1.165, 1.54) is 5.57 Å². The minimum absolute atomic E-state index is 0.396. The van der Waals surface area contributed by atoms with Crippen molar-refractivity contribution in [3.8, 4) is 17.6 Å². The lowest BCUT2D eigenvalue weighted by Crippen LogP contribution is -2.31. The van der Waals surface area contributed by atoms with Gasteiger partial charge in [-0.25, -0.2) is 4.98 Å². The van der Waals surface area contributed by atoms with Crippen LogP contribution in [0.5, 0.6) is 5.75 Å². The molecule has 0 atom stereocenters. The van der Waals surface area contributed by atoms with Gasteiger partial charge in [0.15, 0.2) is 5.82 Å². The van der Waals surface area contributed by atoms with Crippen molar-refractivity contribution in [3.05, 3.63) is 64.7 Å². The van der Waals surface area contributed by atoms with Gasteiger partial charge in [-0.2, -0.15) is 0 Å². The van der Waals surface area contributed by atoms with Crippen LogP contribution in [0.4, 0.5) is 11.5 Å². The predicted octanol–water partition coefficient (Wildman–Crippen LogP) is 4.07. The summed E-state index contributed by atoms with van der Waals surface area (Å²) < 4.78 is 5.20. The Morgan fingerprint density at radius 3 is 2.84 bits per heavy atom. The van der Waals surface area contributed by atoms with E-state index in [1.54, 1.807) is 25.4 Å². The molecule has 1 saturated heterocycles. The number of nitroso groups, excluding NO2 is 1. The number of piperidine rings is 1. The summed E-state index contributed by atoms with van der Waals surface area (Å²) in [6, 6.07) is 11.1. The average molecular weight is 333 g/mol. The maximum Gasteiger partial charge on any atom is 0.158 e. The minimum Gasteiger partial charge on any atom is -0.497 e. The van der Waals surface area contributed by atoms with Gasteiger partial charge in [0.25, 0.3) is 0 Å². The molecule has 0 N–H and O–H groups in total. The van der Waals surface area contributed by atoms with Gasteiger partial charge in [0.1, 0.15) is 11.4 Å². The van der Waals surface area contributed by atoms with E-state index >= 15 is 0 Å². The van der Waals surface area contributed by atoms with E-state index in [-0.39, 0.29) is 0 Å². The molecule has 2 aromatic rings. The van der Waals surface area contributed by atoms with Gasteiger partial charge in [0, 0.05) is 24.8 Å². The van der Waals surface area contributed by atoms with Gasteiger partial charge in [-0.3, -0.25) is 0 Å². The lowest BCUT2D eigenvalue weighted by atomic mass is 10.0. The molecular weight excluding hydrogens is 314 g/mol. The molecule has 0 amide bonds. The smallest absolute Gasteiger partial charge is 0.158 e. The van der Waals surface area contributed by atoms with E-state index in [0.29, 0.717) is 11.5 Å². The first-order valence-corrected chi connectivity index (χ1v) is 8.17. The summed E-state index contributed by atoms with van der Waals surface area (Å²) in [4.78, 5) is 17.3. The van der Waals surface area contributed by atoms with Gasteiger partial charge in [-0.1, -0.05) is 23.5 Å². The molecule has 1 aliphatic heterocycles. The number of rotatable bonds is 3. The van der Waals surface area contributed by atoms with Crippen molar-refractivity contribution < 1.29 is 4.74 Å². The van der Waals surface area contributed by atoms with Crippen molar-refractivity contribution in [2.24, 2.45) is 5.18 Å². The number of benzene rings is 1. The fraction of sp³-hybridized carbons (Fsp3) is 0.250. The number of methoxy groups -OCH3 is 1. The lowest BCUT2D eigenvalue weighted by molar-refractivity contribution is 0.414. The lowest BCUT2D eigenvalue weighted by Gasteiger charge is -2.29.